The van der Waals surface area contributed by atoms with Crippen molar-refractivity contribution in [3.63, 3.8) is 0 Å². The molecule has 2 rings (SSSR count). The van der Waals surface area contributed by atoms with E-state index in [1.807, 2.05) is 24.3 Å². The first-order valence-electron chi connectivity index (χ1n) is 10.5. The van der Waals surface area contributed by atoms with Crippen LogP contribution < -0.4 is 15.4 Å². The monoisotopic (exact) mass is 529 g/mol. The number of guanidine groups is 1. The van der Waals surface area contributed by atoms with E-state index >= 15 is 0 Å². The molecule has 1 heterocycles. The molecule has 1 atom stereocenters. The van der Waals surface area contributed by atoms with E-state index in [-0.39, 0.29) is 30.6 Å². The summed E-state index contributed by atoms with van der Waals surface area (Å²) in [7, 11) is 1.68. The van der Waals surface area contributed by atoms with Gasteiger partial charge in [-0.25, -0.2) is 0 Å². The third-order valence-corrected chi connectivity index (χ3v) is 4.85. The minimum absolute atomic E-state index is 0. The molecule has 2 aromatic rings. The number of aliphatic hydroxyl groups excluding tert-OH is 1. The Balaban J connectivity index is 0.00000450. The summed E-state index contributed by atoms with van der Waals surface area (Å²) in [6.07, 6.45) is 6.38. The van der Waals surface area contributed by atoms with Crippen molar-refractivity contribution in [1.82, 2.24) is 10.6 Å². The molecule has 0 amide bonds. The molecule has 0 bridgehead atoms. The predicted molar refractivity (Wildman–Crippen MR) is 133 cm³/mol. The molecular formula is C23H36IN3O3. The normalized spacial score (nSPS) is 12.2. The van der Waals surface area contributed by atoms with Crippen molar-refractivity contribution in [3.8, 4) is 5.75 Å². The van der Waals surface area contributed by atoms with Crippen LogP contribution in [0.3, 0.4) is 0 Å². The smallest absolute Gasteiger partial charge is 0.191 e. The van der Waals surface area contributed by atoms with Gasteiger partial charge in [-0.3, -0.25) is 4.99 Å². The fraction of sp³-hybridized carbons (Fsp3) is 0.522. The largest absolute Gasteiger partial charge is 0.497 e. The Morgan fingerprint density at radius 1 is 1.10 bits per heavy atom. The highest BCUT2D eigenvalue weighted by atomic mass is 127. The van der Waals surface area contributed by atoms with Gasteiger partial charge in [0.2, 0.25) is 0 Å². The zero-order valence-corrected chi connectivity index (χ0v) is 20.4. The number of aliphatic hydroxyl groups is 1. The predicted octanol–water partition coefficient (Wildman–Crippen LogP) is 4.03. The van der Waals surface area contributed by atoms with Crippen LogP contribution in [0.25, 0.3) is 0 Å². The van der Waals surface area contributed by atoms with E-state index in [4.69, 9.17) is 14.1 Å². The number of methoxy groups -OCH3 is 1. The highest BCUT2D eigenvalue weighted by Gasteiger charge is 2.08. The maximum Gasteiger partial charge on any atom is 0.191 e. The van der Waals surface area contributed by atoms with Gasteiger partial charge in [0.25, 0.3) is 0 Å². The van der Waals surface area contributed by atoms with Crippen LogP contribution in [-0.4, -0.2) is 44.4 Å². The van der Waals surface area contributed by atoms with E-state index in [2.05, 4.69) is 29.7 Å². The molecule has 0 fully saturated rings. The molecule has 1 aromatic heterocycles. The summed E-state index contributed by atoms with van der Waals surface area (Å²) in [6, 6.07) is 12.0. The highest BCUT2D eigenvalue weighted by molar-refractivity contribution is 14.0. The van der Waals surface area contributed by atoms with Crippen molar-refractivity contribution in [3.05, 3.63) is 54.0 Å². The summed E-state index contributed by atoms with van der Waals surface area (Å²) in [5.74, 6) is 3.05. The SMILES string of the molecule is CCCC(CCO)CN=C(NCCc1ccc(OC)cc1)NCCc1ccco1.I. The molecule has 0 spiro atoms. The minimum atomic E-state index is 0. The van der Waals surface area contributed by atoms with Gasteiger partial charge in [-0.1, -0.05) is 25.5 Å². The number of halogens is 1. The molecule has 1 unspecified atom stereocenters. The summed E-state index contributed by atoms with van der Waals surface area (Å²) in [6.45, 7) is 4.64. The number of hydrogen-bond donors (Lipinski definition) is 3. The van der Waals surface area contributed by atoms with E-state index in [0.29, 0.717) is 12.5 Å². The number of rotatable bonds is 13. The molecule has 0 saturated heterocycles. The quantitative estimate of drug-likeness (QED) is 0.208. The highest BCUT2D eigenvalue weighted by Crippen LogP contribution is 2.12. The number of hydrogen-bond acceptors (Lipinski definition) is 4. The van der Waals surface area contributed by atoms with E-state index in [1.165, 1.54) is 5.56 Å². The lowest BCUT2D eigenvalue weighted by Crippen LogP contribution is -2.39. The Labute approximate surface area is 197 Å². The maximum atomic E-state index is 9.28. The maximum absolute atomic E-state index is 9.28. The molecule has 168 valence electrons. The Morgan fingerprint density at radius 3 is 2.43 bits per heavy atom. The lowest BCUT2D eigenvalue weighted by Gasteiger charge is -2.16. The lowest BCUT2D eigenvalue weighted by atomic mass is 10.0. The van der Waals surface area contributed by atoms with Crippen molar-refractivity contribution in [2.24, 2.45) is 10.9 Å². The molecule has 30 heavy (non-hydrogen) atoms. The Kier molecular flexibility index (Phi) is 14.0. The number of nitrogens with zero attached hydrogens (tertiary/aromatic N) is 1. The van der Waals surface area contributed by atoms with E-state index in [9.17, 15) is 5.11 Å². The molecule has 3 N–H and O–H groups in total. The third kappa shape index (κ3) is 10.3. The average Bonchev–Trinajstić information content (AvgIpc) is 3.26. The van der Waals surface area contributed by atoms with Crippen LogP contribution in [0.2, 0.25) is 0 Å². The second-order valence-corrected chi connectivity index (χ2v) is 7.14. The van der Waals surface area contributed by atoms with Gasteiger partial charge in [0, 0.05) is 32.7 Å². The van der Waals surface area contributed by atoms with Crippen molar-refractivity contribution in [2.45, 2.75) is 39.0 Å². The van der Waals surface area contributed by atoms with Crippen LogP contribution >= 0.6 is 24.0 Å². The first-order chi connectivity index (χ1) is 14.2. The molecule has 0 aliphatic heterocycles. The third-order valence-electron chi connectivity index (χ3n) is 4.85. The van der Waals surface area contributed by atoms with Crippen molar-refractivity contribution >= 4 is 29.9 Å². The molecule has 0 aliphatic carbocycles. The van der Waals surface area contributed by atoms with E-state index in [0.717, 1.165) is 62.7 Å². The number of aliphatic imine (C=N–C) groups is 1. The first-order valence-corrected chi connectivity index (χ1v) is 10.5. The second-order valence-electron chi connectivity index (χ2n) is 7.14. The van der Waals surface area contributed by atoms with Crippen LogP contribution in [0, 0.1) is 5.92 Å². The zero-order valence-electron chi connectivity index (χ0n) is 18.1. The summed E-state index contributed by atoms with van der Waals surface area (Å²) in [5.41, 5.74) is 1.25. The van der Waals surface area contributed by atoms with Crippen LogP contribution in [-0.2, 0) is 12.8 Å². The van der Waals surface area contributed by atoms with Gasteiger partial charge in [-0.05, 0) is 55.0 Å². The molecule has 7 heteroatoms. The van der Waals surface area contributed by atoms with Gasteiger partial charge in [0.1, 0.15) is 11.5 Å². The second kappa shape index (κ2) is 16.0. The van der Waals surface area contributed by atoms with Gasteiger partial charge in [-0.2, -0.15) is 0 Å². The van der Waals surface area contributed by atoms with Crippen LogP contribution in [0.15, 0.2) is 52.1 Å². The summed E-state index contributed by atoms with van der Waals surface area (Å²) >= 11 is 0. The molecule has 6 nitrogen and oxygen atoms in total. The molecule has 0 radical (unpaired) electrons. The Morgan fingerprint density at radius 2 is 1.83 bits per heavy atom. The standard InChI is InChI=1S/C23H35N3O3.HI/c1-3-5-20(13-16-27)18-26-23(25-15-12-22-6-4-17-29-22)24-14-11-19-7-9-21(28-2)10-8-19;/h4,6-10,17,20,27H,3,5,11-16,18H2,1-2H3,(H2,24,25,26);1H. The summed E-state index contributed by atoms with van der Waals surface area (Å²) in [5, 5.41) is 16.1. The van der Waals surface area contributed by atoms with Gasteiger partial charge in [0.05, 0.1) is 13.4 Å². The van der Waals surface area contributed by atoms with Gasteiger partial charge < -0.3 is 24.9 Å². The van der Waals surface area contributed by atoms with Crippen molar-refractivity contribution in [2.75, 3.05) is 33.4 Å². The van der Waals surface area contributed by atoms with Crippen molar-refractivity contribution < 1.29 is 14.3 Å². The molecule has 0 saturated carbocycles. The summed E-state index contributed by atoms with van der Waals surface area (Å²) < 4.78 is 10.6. The number of nitrogens with one attached hydrogen (secondary N) is 2. The fourth-order valence-corrected chi connectivity index (χ4v) is 3.19. The number of benzene rings is 1. The first kappa shape index (κ1) is 26.3. The topological polar surface area (TPSA) is 79.0 Å². The van der Waals surface area contributed by atoms with Crippen LogP contribution in [0.5, 0.6) is 5.75 Å². The molecule has 1 aromatic carbocycles. The lowest BCUT2D eigenvalue weighted by molar-refractivity contribution is 0.253. The Hall–Kier alpha value is -1.74. The average molecular weight is 529 g/mol. The fourth-order valence-electron chi connectivity index (χ4n) is 3.19. The molecular weight excluding hydrogens is 493 g/mol. The molecule has 0 aliphatic rings. The van der Waals surface area contributed by atoms with Crippen LogP contribution in [0.1, 0.15) is 37.5 Å². The van der Waals surface area contributed by atoms with Crippen molar-refractivity contribution in [1.29, 1.82) is 0 Å². The van der Waals surface area contributed by atoms with E-state index in [1.54, 1.807) is 13.4 Å². The number of ether oxygens (including phenoxy) is 1. The van der Waals surface area contributed by atoms with Crippen LogP contribution in [0.4, 0.5) is 0 Å². The Bertz CT molecular complexity index is 684. The number of furan rings is 1. The zero-order chi connectivity index (χ0) is 20.7. The minimum Gasteiger partial charge on any atom is -0.497 e. The van der Waals surface area contributed by atoms with Gasteiger partial charge >= 0.3 is 0 Å². The summed E-state index contributed by atoms with van der Waals surface area (Å²) in [4.78, 5) is 4.77. The van der Waals surface area contributed by atoms with Gasteiger partial charge in [0.15, 0.2) is 5.96 Å². The van der Waals surface area contributed by atoms with Gasteiger partial charge in [-0.15, -0.1) is 24.0 Å². The van der Waals surface area contributed by atoms with E-state index < -0.39 is 0 Å².